The van der Waals surface area contributed by atoms with E-state index in [1.165, 1.54) is 6.92 Å². The van der Waals surface area contributed by atoms with E-state index in [9.17, 15) is 18.0 Å². The van der Waals surface area contributed by atoms with Crippen LogP contribution in [0.2, 0.25) is 0 Å². The van der Waals surface area contributed by atoms with Crippen LogP contribution in [-0.4, -0.2) is 21.0 Å². The fraction of sp³-hybridized carbons (Fsp3) is 0.182. The number of rotatable bonds is 2. The number of nitrogens with zero attached hydrogens (tertiary/aromatic N) is 2. The molecule has 0 aliphatic rings. The molecule has 4 nitrogen and oxygen atoms in total. The van der Waals surface area contributed by atoms with Gasteiger partial charge < -0.3 is 5.11 Å². The molecule has 2 heterocycles. The minimum Gasteiger partial charge on any atom is -0.478 e. The molecule has 8 heteroatoms. The number of carbonyl (C=O) groups is 1. The average Bonchev–Trinajstić information content (AvgIpc) is 2.27. The van der Waals surface area contributed by atoms with Gasteiger partial charge in [-0.1, -0.05) is 0 Å². The van der Waals surface area contributed by atoms with Crippen molar-refractivity contribution in [3.05, 3.63) is 34.9 Å². The van der Waals surface area contributed by atoms with E-state index in [2.05, 4.69) is 9.97 Å². The van der Waals surface area contributed by atoms with Gasteiger partial charge in [0, 0.05) is 28.0 Å². The molecule has 0 fully saturated rings. The Morgan fingerprint density at radius 2 is 2.00 bits per heavy atom. The summed E-state index contributed by atoms with van der Waals surface area (Å²) in [5, 5.41) is 8.98. The maximum atomic E-state index is 13.3. The van der Waals surface area contributed by atoms with Gasteiger partial charge in [-0.15, -0.1) is 0 Å². The van der Waals surface area contributed by atoms with E-state index in [-0.39, 0.29) is 16.7 Å². The lowest BCUT2D eigenvalue weighted by Crippen LogP contribution is -2.14. The lowest BCUT2D eigenvalue weighted by Gasteiger charge is -2.12. The molecule has 0 spiro atoms. The van der Waals surface area contributed by atoms with Gasteiger partial charge in [-0.2, -0.15) is 8.78 Å². The van der Waals surface area contributed by atoms with Crippen LogP contribution in [-0.2, 0) is 3.93 Å². The van der Waals surface area contributed by atoms with E-state index in [1.54, 1.807) is 0 Å². The molecule has 0 aromatic carbocycles. The van der Waals surface area contributed by atoms with Crippen LogP contribution in [0, 0.1) is 12.7 Å². The van der Waals surface area contributed by atoms with Crippen LogP contribution >= 0.6 is 22.6 Å². The highest BCUT2D eigenvalue weighted by atomic mass is 127. The van der Waals surface area contributed by atoms with Crippen LogP contribution in [0.5, 0.6) is 0 Å². The molecule has 0 aliphatic heterocycles. The fourth-order valence-electron chi connectivity index (χ4n) is 1.55. The van der Waals surface area contributed by atoms with E-state index in [0.29, 0.717) is 0 Å². The number of hydrogen-bond acceptors (Lipinski definition) is 3. The van der Waals surface area contributed by atoms with Gasteiger partial charge in [0.05, 0.1) is 11.3 Å². The zero-order valence-electron chi connectivity index (χ0n) is 9.42. The van der Waals surface area contributed by atoms with Gasteiger partial charge in [-0.05, 0) is 19.1 Å². The summed E-state index contributed by atoms with van der Waals surface area (Å²) in [6, 6.07) is 1.97. The van der Waals surface area contributed by atoms with Gasteiger partial charge in [0.25, 0.3) is 0 Å². The molecule has 0 amide bonds. The van der Waals surface area contributed by atoms with Crippen LogP contribution in [0.25, 0.3) is 11.0 Å². The van der Waals surface area contributed by atoms with Gasteiger partial charge in [0.1, 0.15) is 11.5 Å². The standard InChI is InChI=1S/C11H6F3IN2O2/c1-4-7(12)3-5-2-6(10(18)19)8(11(13,14)15)17-9(5)16-4/h2-3H,1H3,(H,18,19). The molecule has 2 aromatic rings. The smallest absolute Gasteiger partial charge is 0.338 e. The van der Waals surface area contributed by atoms with E-state index in [4.69, 9.17) is 5.11 Å². The topological polar surface area (TPSA) is 63.1 Å². The Hall–Kier alpha value is -1.45. The van der Waals surface area contributed by atoms with Crippen molar-refractivity contribution < 1.29 is 23.1 Å². The van der Waals surface area contributed by atoms with Gasteiger partial charge in [0.2, 0.25) is 0 Å². The molecule has 0 unspecified atom stereocenters. The molecule has 0 atom stereocenters. The molecule has 19 heavy (non-hydrogen) atoms. The van der Waals surface area contributed by atoms with Gasteiger partial charge in [-0.25, -0.2) is 19.2 Å². The summed E-state index contributed by atoms with van der Waals surface area (Å²) in [5.41, 5.74) is -1.68. The number of fused-ring (bicyclic) bond motifs is 1. The summed E-state index contributed by atoms with van der Waals surface area (Å²) in [6.07, 6.45) is 0. The average molecular weight is 382 g/mol. The van der Waals surface area contributed by atoms with E-state index in [0.717, 1.165) is 34.7 Å². The molecule has 2 rings (SSSR count). The Labute approximate surface area is 118 Å². The van der Waals surface area contributed by atoms with Crippen LogP contribution in [0.15, 0.2) is 12.1 Å². The number of carboxylic acid groups (broad SMARTS) is 1. The number of aromatic carboxylic acids is 1. The fourth-order valence-corrected chi connectivity index (χ4v) is 1.96. The molecular weight excluding hydrogens is 376 g/mol. The van der Waals surface area contributed by atoms with Crippen LogP contribution in [0.4, 0.5) is 13.2 Å². The van der Waals surface area contributed by atoms with Crippen LogP contribution in [0.3, 0.4) is 0 Å². The summed E-state index contributed by atoms with van der Waals surface area (Å²) in [5.74, 6) is -2.21. The van der Waals surface area contributed by atoms with Crippen molar-refractivity contribution in [1.29, 1.82) is 0 Å². The monoisotopic (exact) mass is 382 g/mol. The molecule has 0 saturated heterocycles. The molecule has 0 saturated carbocycles. The first kappa shape index (κ1) is 14.0. The highest BCUT2D eigenvalue weighted by Gasteiger charge is 2.34. The van der Waals surface area contributed by atoms with Gasteiger partial charge >= 0.3 is 9.90 Å². The van der Waals surface area contributed by atoms with E-state index >= 15 is 0 Å². The van der Waals surface area contributed by atoms with Crippen LogP contribution < -0.4 is 0 Å². The molecule has 100 valence electrons. The van der Waals surface area contributed by atoms with Crippen molar-refractivity contribution in [2.45, 2.75) is 10.9 Å². The number of carboxylic acids is 1. The third-order valence-corrected chi connectivity index (χ3v) is 2.94. The lowest BCUT2D eigenvalue weighted by molar-refractivity contribution is 0.0676. The lowest BCUT2D eigenvalue weighted by atomic mass is 10.1. The van der Waals surface area contributed by atoms with E-state index < -0.39 is 27.0 Å². The predicted octanol–water partition coefficient (Wildman–Crippen LogP) is 3.26. The zero-order chi connectivity index (χ0) is 14.4. The molecule has 0 radical (unpaired) electrons. The summed E-state index contributed by atoms with van der Waals surface area (Å²) in [7, 11) is 0. The Kier molecular flexibility index (Phi) is 3.37. The first-order valence-corrected chi connectivity index (χ1v) is 6.06. The zero-order valence-corrected chi connectivity index (χ0v) is 11.6. The van der Waals surface area contributed by atoms with Crippen molar-refractivity contribution in [2.24, 2.45) is 0 Å². The number of hydrogen-bond donors (Lipinski definition) is 1. The third-order valence-electron chi connectivity index (χ3n) is 2.43. The summed E-state index contributed by atoms with van der Waals surface area (Å²) < 4.78 is 36.6. The van der Waals surface area contributed by atoms with Crippen molar-refractivity contribution in [3.63, 3.8) is 0 Å². The normalized spacial score (nSPS) is 11.8. The maximum absolute atomic E-state index is 13.3. The molecular formula is C11H6F3IN2O2. The minimum absolute atomic E-state index is 0.00537. The second kappa shape index (κ2) is 4.58. The maximum Gasteiger partial charge on any atom is 0.338 e. The highest BCUT2D eigenvalue weighted by Crippen LogP contribution is 2.37. The summed E-state index contributed by atoms with van der Waals surface area (Å²) >= 11 is 0.788. The first-order chi connectivity index (χ1) is 8.70. The first-order valence-electron chi connectivity index (χ1n) is 4.98. The highest BCUT2D eigenvalue weighted by molar-refractivity contribution is 14.1. The Morgan fingerprint density at radius 3 is 2.53 bits per heavy atom. The number of halogens is 4. The SMILES string of the molecule is Cc1nc2nc(C(F)(F)I)c(C(=O)O)cc2cc1F. The minimum atomic E-state index is -3.45. The van der Waals surface area contributed by atoms with Crippen molar-refractivity contribution in [1.82, 2.24) is 9.97 Å². The Bertz CT molecular complexity index is 686. The Balaban J connectivity index is 2.84. The third kappa shape index (κ3) is 2.62. The number of aromatic nitrogens is 2. The van der Waals surface area contributed by atoms with Crippen molar-refractivity contribution in [3.8, 4) is 0 Å². The number of pyridine rings is 2. The summed E-state index contributed by atoms with van der Waals surface area (Å²) in [4.78, 5) is 18.3. The largest absolute Gasteiger partial charge is 0.478 e. The summed E-state index contributed by atoms with van der Waals surface area (Å²) in [6.45, 7) is 1.36. The van der Waals surface area contributed by atoms with Gasteiger partial charge in [-0.3, -0.25) is 0 Å². The van der Waals surface area contributed by atoms with Gasteiger partial charge in [0.15, 0.2) is 5.65 Å². The number of aryl methyl sites for hydroxylation is 1. The van der Waals surface area contributed by atoms with Crippen molar-refractivity contribution >= 4 is 39.6 Å². The van der Waals surface area contributed by atoms with Crippen LogP contribution in [0.1, 0.15) is 21.7 Å². The quantitative estimate of drug-likeness (QED) is 0.640. The Morgan fingerprint density at radius 1 is 1.37 bits per heavy atom. The molecule has 0 aliphatic carbocycles. The van der Waals surface area contributed by atoms with Crippen molar-refractivity contribution in [2.75, 3.05) is 0 Å². The predicted molar refractivity (Wildman–Crippen MR) is 69.1 cm³/mol. The van der Waals surface area contributed by atoms with E-state index in [1.807, 2.05) is 0 Å². The second-order valence-electron chi connectivity index (χ2n) is 3.79. The number of alkyl halides is 3. The molecule has 0 bridgehead atoms. The molecule has 1 N–H and O–H groups in total. The second-order valence-corrected chi connectivity index (χ2v) is 5.14. The molecule has 2 aromatic heterocycles.